The lowest BCUT2D eigenvalue weighted by atomic mass is 10.1. The summed E-state index contributed by atoms with van der Waals surface area (Å²) in [5, 5.41) is 6.07. The SMILES string of the molecule is Cc1nc(-c2ccc(NC(=O)c3ccc(C4SCCCS4)cc3)cc2)cs1. The highest BCUT2D eigenvalue weighted by Crippen LogP contribution is 2.43. The van der Waals surface area contributed by atoms with Crippen LogP contribution in [-0.4, -0.2) is 22.4 Å². The molecule has 0 bridgehead atoms. The van der Waals surface area contributed by atoms with E-state index in [2.05, 4.69) is 22.4 Å². The molecule has 3 nitrogen and oxygen atoms in total. The topological polar surface area (TPSA) is 42.0 Å². The highest BCUT2D eigenvalue weighted by Gasteiger charge is 2.17. The third-order valence-corrected chi connectivity index (χ3v) is 8.12. The molecule has 3 aromatic rings. The van der Waals surface area contributed by atoms with E-state index in [1.54, 1.807) is 11.3 Å². The lowest BCUT2D eigenvalue weighted by molar-refractivity contribution is 0.102. The van der Waals surface area contributed by atoms with E-state index in [0.29, 0.717) is 10.1 Å². The summed E-state index contributed by atoms with van der Waals surface area (Å²) in [7, 11) is 0. The number of rotatable bonds is 4. The smallest absolute Gasteiger partial charge is 0.255 e. The second-order valence-corrected chi connectivity index (χ2v) is 10.1. The molecule has 1 saturated heterocycles. The quantitative estimate of drug-likeness (QED) is 0.551. The lowest BCUT2D eigenvalue weighted by Gasteiger charge is -2.21. The minimum absolute atomic E-state index is 0.0808. The van der Waals surface area contributed by atoms with Gasteiger partial charge in [0.2, 0.25) is 0 Å². The Kier molecular flexibility index (Phi) is 5.86. The first-order chi connectivity index (χ1) is 13.2. The van der Waals surface area contributed by atoms with Crippen molar-refractivity contribution >= 4 is 46.5 Å². The van der Waals surface area contributed by atoms with Gasteiger partial charge in [-0.1, -0.05) is 24.3 Å². The zero-order valence-electron chi connectivity index (χ0n) is 15.0. The predicted octanol–water partition coefficient (Wildman–Crippen LogP) is 6.24. The van der Waals surface area contributed by atoms with Crippen molar-refractivity contribution in [2.24, 2.45) is 0 Å². The summed E-state index contributed by atoms with van der Waals surface area (Å²) in [6.07, 6.45) is 1.28. The minimum atomic E-state index is -0.0808. The van der Waals surface area contributed by atoms with Gasteiger partial charge in [-0.2, -0.15) is 0 Å². The number of anilines is 1. The van der Waals surface area contributed by atoms with Crippen LogP contribution in [0.4, 0.5) is 5.69 Å². The van der Waals surface area contributed by atoms with Crippen LogP contribution < -0.4 is 5.32 Å². The number of benzene rings is 2. The lowest BCUT2D eigenvalue weighted by Crippen LogP contribution is -2.12. The van der Waals surface area contributed by atoms with Gasteiger partial charge in [0.1, 0.15) is 0 Å². The third kappa shape index (κ3) is 4.57. The molecule has 1 aromatic heterocycles. The van der Waals surface area contributed by atoms with Crippen LogP contribution in [0.2, 0.25) is 0 Å². The molecule has 0 atom stereocenters. The van der Waals surface area contributed by atoms with Gasteiger partial charge in [0, 0.05) is 22.2 Å². The van der Waals surface area contributed by atoms with Gasteiger partial charge in [0.25, 0.3) is 5.91 Å². The number of nitrogens with zero attached hydrogens (tertiary/aromatic N) is 1. The van der Waals surface area contributed by atoms with E-state index in [0.717, 1.165) is 22.0 Å². The van der Waals surface area contributed by atoms with E-state index in [4.69, 9.17) is 0 Å². The zero-order valence-corrected chi connectivity index (χ0v) is 17.4. The molecule has 138 valence electrons. The van der Waals surface area contributed by atoms with Crippen molar-refractivity contribution in [1.82, 2.24) is 4.98 Å². The van der Waals surface area contributed by atoms with Crippen LogP contribution in [0.25, 0.3) is 11.3 Å². The number of hydrogen-bond donors (Lipinski definition) is 1. The van der Waals surface area contributed by atoms with Crippen molar-refractivity contribution in [1.29, 1.82) is 0 Å². The zero-order chi connectivity index (χ0) is 18.6. The van der Waals surface area contributed by atoms with Crippen LogP contribution in [0.1, 0.15) is 31.9 Å². The molecule has 27 heavy (non-hydrogen) atoms. The van der Waals surface area contributed by atoms with E-state index in [-0.39, 0.29) is 5.91 Å². The van der Waals surface area contributed by atoms with Gasteiger partial charge in [0.05, 0.1) is 15.3 Å². The maximum absolute atomic E-state index is 12.5. The molecule has 1 amide bonds. The number of aromatic nitrogens is 1. The van der Waals surface area contributed by atoms with Gasteiger partial charge in [-0.25, -0.2) is 4.98 Å². The molecule has 6 heteroatoms. The number of hydrogen-bond acceptors (Lipinski definition) is 5. The first-order valence-electron chi connectivity index (χ1n) is 8.86. The third-order valence-electron chi connectivity index (χ3n) is 4.33. The molecule has 1 aliphatic heterocycles. The van der Waals surface area contributed by atoms with Gasteiger partial charge >= 0.3 is 0 Å². The van der Waals surface area contributed by atoms with Gasteiger partial charge in [0.15, 0.2) is 0 Å². The monoisotopic (exact) mass is 412 g/mol. The van der Waals surface area contributed by atoms with Gasteiger partial charge in [-0.3, -0.25) is 4.79 Å². The molecular weight excluding hydrogens is 392 g/mol. The highest BCUT2D eigenvalue weighted by atomic mass is 32.2. The van der Waals surface area contributed by atoms with E-state index in [1.807, 2.05) is 72.2 Å². The Hall–Kier alpha value is -1.76. The normalized spacial score (nSPS) is 14.9. The molecule has 1 aliphatic rings. The summed E-state index contributed by atoms with van der Waals surface area (Å²) in [6.45, 7) is 2.00. The first-order valence-corrected chi connectivity index (χ1v) is 11.8. The van der Waals surface area contributed by atoms with Gasteiger partial charge in [-0.05, 0) is 54.7 Å². The predicted molar refractivity (Wildman–Crippen MR) is 119 cm³/mol. The molecule has 1 N–H and O–H groups in total. The molecule has 0 saturated carbocycles. The Bertz CT molecular complexity index is 913. The molecular formula is C21H20N2OS3. The van der Waals surface area contributed by atoms with Crippen LogP contribution in [-0.2, 0) is 0 Å². The standard InChI is InChI=1S/C21H20N2OS3/c1-14-22-19(13-27-14)15-7-9-18(10-8-15)23-20(24)16-3-5-17(6-4-16)21-25-11-2-12-26-21/h3-10,13,21H,2,11-12H2,1H3,(H,23,24). The number of carbonyl (C=O) groups excluding carboxylic acids is 1. The van der Waals surface area contributed by atoms with Crippen LogP contribution in [0.15, 0.2) is 53.9 Å². The van der Waals surface area contributed by atoms with Crippen LogP contribution in [0, 0.1) is 6.92 Å². The van der Waals surface area contributed by atoms with Crippen molar-refractivity contribution in [3.63, 3.8) is 0 Å². The Morgan fingerprint density at radius 1 is 1.04 bits per heavy atom. The number of thiazole rings is 1. The molecule has 4 rings (SSSR count). The maximum Gasteiger partial charge on any atom is 0.255 e. The van der Waals surface area contributed by atoms with Crippen LogP contribution >= 0.6 is 34.9 Å². The minimum Gasteiger partial charge on any atom is -0.322 e. The van der Waals surface area contributed by atoms with E-state index in [9.17, 15) is 4.79 Å². The summed E-state index contributed by atoms with van der Waals surface area (Å²) < 4.78 is 0.498. The van der Waals surface area contributed by atoms with Crippen LogP contribution in [0.5, 0.6) is 0 Å². The van der Waals surface area contributed by atoms with E-state index in [1.165, 1.54) is 23.5 Å². The van der Waals surface area contributed by atoms with Crippen LogP contribution in [0.3, 0.4) is 0 Å². The first kappa shape index (κ1) is 18.6. The summed E-state index contributed by atoms with van der Waals surface area (Å²) in [5.41, 5.74) is 4.81. The van der Waals surface area contributed by atoms with Crippen molar-refractivity contribution < 1.29 is 4.79 Å². The Labute approximate surface area is 172 Å². The maximum atomic E-state index is 12.5. The molecule has 0 radical (unpaired) electrons. The Morgan fingerprint density at radius 2 is 1.74 bits per heavy atom. The molecule has 0 unspecified atom stereocenters. The largest absolute Gasteiger partial charge is 0.322 e. The fourth-order valence-electron chi connectivity index (χ4n) is 2.90. The molecule has 2 aromatic carbocycles. The second kappa shape index (κ2) is 8.50. The van der Waals surface area contributed by atoms with E-state index >= 15 is 0 Å². The van der Waals surface area contributed by atoms with Crippen molar-refractivity contribution in [3.05, 3.63) is 70.0 Å². The fraction of sp³-hybridized carbons (Fsp3) is 0.238. The van der Waals surface area contributed by atoms with Gasteiger partial charge < -0.3 is 5.32 Å². The highest BCUT2D eigenvalue weighted by molar-refractivity contribution is 8.16. The summed E-state index contributed by atoms with van der Waals surface area (Å²) in [6, 6.07) is 15.8. The molecule has 0 spiro atoms. The van der Waals surface area contributed by atoms with Crippen molar-refractivity contribution in [3.8, 4) is 11.3 Å². The summed E-state index contributed by atoms with van der Waals surface area (Å²) in [4.78, 5) is 17.0. The summed E-state index contributed by atoms with van der Waals surface area (Å²) >= 11 is 5.62. The van der Waals surface area contributed by atoms with Crippen molar-refractivity contribution in [2.45, 2.75) is 17.9 Å². The number of nitrogens with one attached hydrogen (secondary N) is 1. The Balaban J connectivity index is 1.41. The average Bonchev–Trinajstić information content (AvgIpc) is 3.16. The number of amides is 1. The molecule has 0 aliphatic carbocycles. The Morgan fingerprint density at radius 3 is 2.37 bits per heavy atom. The fourth-order valence-corrected chi connectivity index (χ4v) is 6.41. The number of carbonyl (C=O) groups is 1. The molecule has 1 fully saturated rings. The molecule has 2 heterocycles. The summed E-state index contributed by atoms with van der Waals surface area (Å²) in [5.74, 6) is 2.36. The average molecular weight is 413 g/mol. The van der Waals surface area contributed by atoms with Gasteiger partial charge in [-0.15, -0.1) is 34.9 Å². The second-order valence-electron chi connectivity index (χ2n) is 6.33. The van der Waals surface area contributed by atoms with E-state index < -0.39 is 0 Å². The number of aryl methyl sites for hydroxylation is 1. The number of thioether (sulfide) groups is 2. The van der Waals surface area contributed by atoms with Crippen molar-refractivity contribution in [2.75, 3.05) is 16.8 Å².